The number of nitrogens with one attached hydrogen (secondary N) is 1. The number of nitrogens with zero attached hydrogens (tertiary/aromatic N) is 2. The molecule has 1 aliphatic rings. The number of hydrogen-bond acceptors (Lipinski definition) is 5. The molecule has 24 heavy (non-hydrogen) atoms. The minimum absolute atomic E-state index is 0.0108. The van der Waals surface area contributed by atoms with Crippen molar-refractivity contribution in [2.75, 3.05) is 20.3 Å². The third kappa shape index (κ3) is 4.04. The van der Waals surface area contributed by atoms with Crippen LogP contribution in [0.1, 0.15) is 29.1 Å². The fourth-order valence-electron chi connectivity index (χ4n) is 2.86. The number of ether oxygens (including phenoxy) is 2. The summed E-state index contributed by atoms with van der Waals surface area (Å²) in [4.78, 5) is 12.0. The molecule has 3 rings (SSSR count). The van der Waals surface area contributed by atoms with Crippen LogP contribution < -0.4 is 5.32 Å². The van der Waals surface area contributed by atoms with Gasteiger partial charge in [-0.2, -0.15) is 5.10 Å². The van der Waals surface area contributed by atoms with Crippen LogP contribution in [0.3, 0.4) is 0 Å². The van der Waals surface area contributed by atoms with E-state index in [1.807, 2.05) is 10.7 Å². The van der Waals surface area contributed by atoms with Crippen LogP contribution in [0.25, 0.3) is 0 Å². The van der Waals surface area contributed by atoms with Crippen molar-refractivity contribution in [3.8, 4) is 0 Å². The van der Waals surface area contributed by atoms with E-state index >= 15 is 0 Å². The number of carbonyl (C=O) groups excluding carboxylic acids is 1. The number of rotatable bonds is 8. The SMILES string of the molecule is COCCn1nc(CCC(=O)NCc2ccco2)c2c1CCOC2. The molecule has 7 nitrogen and oxygen atoms in total. The summed E-state index contributed by atoms with van der Waals surface area (Å²) in [6.07, 6.45) is 3.46. The van der Waals surface area contributed by atoms with Crippen LogP contribution in [0.15, 0.2) is 22.8 Å². The molecule has 130 valence electrons. The summed E-state index contributed by atoms with van der Waals surface area (Å²) >= 11 is 0. The van der Waals surface area contributed by atoms with E-state index in [0.717, 1.165) is 36.6 Å². The van der Waals surface area contributed by atoms with Gasteiger partial charge in [0, 0.05) is 37.6 Å². The third-order valence-electron chi connectivity index (χ3n) is 4.12. The molecule has 2 aromatic heterocycles. The molecule has 0 radical (unpaired) electrons. The standard InChI is InChI=1S/C17H23N3O4/c1-22-10-7-20-16-6-9-23-12-14(16)15(19-20)4-5-17(21)18-11-13-3-2-8-24-13/h2-3,8H,4-7,9-12H2,1H3,(H,18,21). The number of aromatic nitrogens is 2. The minimum Gasteiger partial charge on any atom is -0.467 e. The van der Waals surface area contributed by atoms with Crippen molar-refractivity contribution >= 4 is 5.91 Å². The van der Waals surface area contributed by atoms with Crippen LogP contribution in [-0.2, 0) is 46.8 Å². The molecule has 0 bridgehead atoms. The third-order valence-corrected chi connectivity index (χ3v) is 4.12. The molecule has 2 aromatic rings. The van der Waals surface area contributed by atoms with Gasteiger partial charge in [-0.05, 0) is 12.1 Å². The van der Waals surface area contributed by atoms with E-state index in [1.165, 1.54) is 5.69 Å². The summed E-state index contributed by atoms with van der Waals surface area (Å²) in [6.45, 7) is 3.05. The first-order chi connectivity index (χ1) is 11.8. The summed E-state index contributed by atoms with van der Waals surface area (Å²) in [7, 11) is 1.68. The van der Waals surface area contributed by atoms with Crippen LogP contribution in [0.4, 0.5) is 0 Å². The maximum absolute atomic E-state index is 12.0. The second-order valence-corrected chi connectivity index (χ2v) is 5.75. The Bertz CT molecular complexity index is 664. The fraction of sp³-hybridized carbons (Fsp3) is 0.529. The van der Waals surface area contributed by atoms with E-state index < -0.39 is 0 Å². The average molecular weight is 333 g/mol. The summed E-state index contributed by atoms with van der Waals surface area (Å²) in [6, 6.07) is 3.64. The summed E-state index contributed by atoms with van der Waals surface area (Å²) in [5.74, 6) is 0.737. The maximum atomic E-state index is 12.0. The Morgan fingerprint density at radius 3 is 3.21 bits per heavy atom. The highest BCUT2D eigenvalue weighted by Gasteiger charge is 2.21. The quantitative estimate of drug-likeness (QED) is 0.791. The average Bonchev–Trinajstić information content (AvgIpc) is 3.24. The van der Waals surface area contributed by atoms with E-state index in [4.69, 9.17) is 13.9 Å². The van der Waals surface area contributed by atoms with E-state index in [9.17, 15) is 4.79 Å². The Kier molecular flexibility index (Phi) is 5.66. The number of amides is 1. The van der Waals surface area contributed by atoms with Crippen molar-refractivity contribution in [3.05, 3.63) is 41.1 Å². The van der Waals surface area contributed by atoms with E-state index in [0.29, 0.717) is 32.6 Å². The lowest BCUT2D eigenvalue weighted by Gasteiger charge is -2.15. The molecule has 1 N–H and O–H groups in total. The number of methoxy groups -OCH3 is 1. The highest BCUT2D eigenvalue weighted by molar-refractivity contribution is 5.76. The lowest BCUT2D eigenvalue weighted by Crippen LogP contribution is -2.23. The van der Waals surface area contributed by atoms with Gasteiger partial charge >= 0.3 is 0 Å². The Morgan fingerprint density at radius 2 is 2.42 bits per heavy atom. The van der Waals surface area contributed by atoms with Gasteiger partial charge in [0.15, 0.2) is 0 Å². The summed E-state index contributed by atoms with van der Waals surface area (Å²) in [5, 5.41) is 7.53. The first kappa shape index (κ1) is 16.7. The van der Waals surface area contributed by atoms with Crippen molar-refractivity contribution in [2.45, 2.75) is 39.0 Å². The van der Waals surface area contributed by atoms with Crippen LogP contribution >= 0.6 is 0 Å². The molecule has 0 fully saturated rings. The first-order valence-electron chi connectivity index (χ1n) is 8.21. The Labute approximate surface area is 140 Å². The van der Waals surface area contributed by atoms with Crippen molar-refractivity contribution in [3.63, 3.8) is 0 Å². The smallest absolute Gasteiger partial charge is 0.220 e. The summed E-state index contributed by atoms with van der Waals surface area (Å²) < 4.78 is 17.9. The largest absolute Gasteiger partial charge is 0.467 e. The number of fused-ring (bicyclic) bond motifs is 1. The fourth-order valence-corrected chi connectivity index (χ4v) is 2.86. The zero-order chi connectivity index (χ0) is 16.8. The van der Waals surface area contributed by atoms with Crippen molar-refractivity contribution in [2.24, 2.45) is 0 Å². The molecule has 0 unspecified atom stereocenters. The predicted octanol–water partition coefficient (Wildman–Crippen LogP) is 1.44. The lowest BCUT2D eigenvalue weighted by atomic mass is 10.1. The number of furan rings is 1. The first-order valence-corrected chi connectivity index (χ1v) is 8.21. The molecule has 3 heterocycles. The van der Waals surface area contributed by atoms with Crippen LogP contribution in [0.2, 0.25) is 0 Å². The van der Waals surface area contributed by atoms with Gasteiger partial charge in [0.1, 0.15) is 5.76 Å². The van der Waals surface area contributed by atoms with Gasteiger partial charge in [-0.15, -0.1) is 0 Å². The van der Waals surface area contributed by atoms with Gasteiger partial charge in [-0.3, -0.25) is 9.48 Å². The lowest BCUT2D eigenvalue weighted by molar-refractivity contribution is -0.121. The zero-order valence-corrected chi connectivity index (χ0v) is 13.9. The Morgan fingerprint density at radius 1 is 1.50 bits per heavy atom. The highest BCUT2D eigenvalue weighted by atomic mass is 16.5. The molecule has 0 spiro atoms. The predicted molar refractivity (Wildman–Crippen MR) is 86.3 cm³/mol. The van der Waals surface area contributed by atoms with Crippen LogP contribution in [0.5, 0.6) is 0 Å². The van der Waals surface area contributed by atoms with E-state index in [2.05, 4.69) is 10.4 Å². The number of carbonyl (C=O) groups is 1. The summed E-state index contributed by atoms with van der Waals surface area (Å²) in [5.41, 5.74) is 3.30. The van der Waals surface area contributed by atoms with Crippen LogP contribution in [0, 0.1) is 0 Å². The second kappa shape index (κ2) is 8.12. The molecule has 1 aliphatic heterocycles. The van der Waals surface area contributed by atoms with Crippen molar-refractivity contribution < 1.29 is 18.7 Å². The normalized spacial score (nSPS) is 13.7. The van der Waals surface area contributed by atoms with Gasteiger partial charge in [0.05, 0.1) is 44.9 Å². The second-order valence-electron chi connectivity index (χ2n) is 5.75. The minimum atomic E-state index is -0.0108. The highest BCUT2D eigenvalue weighted by Crippen LogP contribution is 2.22. The van der Waals surface area contributed by atoms with Crippen molar-refractivity contribution in [1.29, 1.82) is 0 Å². The Balaban J connectivity index is 1.57. The van der Waals surface area contributed by atoms with Gasteiger partial charge < -0.3 is 19.2 Å². The Hall–Kier alpha value is -2.12. The van der Waals surface area contributed by atoms with Gasteiger partial charge in [-0.1, -0.05) is 0 Å². The van der Waals surface area contributed by atoms with Crippen molar-refractivity contribution in [1.82, 2.24) is 15.1 Å². The molecule has 0 saturated carbocycles. The molecule has 1 amide bonds. The molecular weight excluding hydrogens is 310 g/mol. The van der Waals surface area contributed by atoms with E-state index in [1.54, 1.807) is 19.4 Å². The van der Waals surface area contributed by atoms with Gasteiger partial charge in [-0.25, -0.2) is 0 Å². The topological polar surface area (TPSA) is 78.5 Å². The van der Waals surface area contributed by atoms with Gasteiger partial charge in [0.2, 0.25) is 5.91 Å². The number of aryl methyl sites for hydroxylation is 1. The van der Waals surface area contributed by atoms with Gasteiger partial charge in [0.25, 0.3) is 0 Å². The van der Waals surface area contributed by atoms with Crippen LogP contribution in [-0.4, -0.2) is 36.0 Å². The molecule has 0 atom stereocenters. The molecule has 0 saturated heterocycles. The molecule has 0 aromatic carbocycles. The molecule has 0 aliphatic carbocycles. The number of hydrogen-bond donors (Lipinski definition) is 1. The van der Waals surface area contributed by atoms with E-state index in [-0.39, 0.29) is 5.91 Å². The maximum Gasteiger partial charge on any atom is 0.220 e. The zero-order valence-electron chi connectivity index (χ0n) is 13.9. The molecular formula is C17H23N3O4. The molecule has 7 heteroatoms. The monoisotopic (exact) mass is 333 g/mol.